The third-order valence-corrected chi connectivity index (χ3v) is 3.91. The first-order valence-corrected chi connectivity index (χ1v) is 7.87. The molecule has 1 amide bonds. The number of Topliss-reactive ketones (excluding diaryl/α,β-unsaturated/α-hetero) is 1. The van der Waals surface area contributed by atoms with E-state index < -0.39 is 17.6 Å². The third-order valence-electron chi connectivity index (χ3n) is 3.91. The van der Waals surface area contributed by atoms with E-state index in [2.05, 4.69) is 10.3 Å². The van der Waals surface area contributed by atoms with Gasteiger partial charge < -0.3 is 9.88 Å². The highest BCUT2D eigenvalue weighted by atomic mass is 16.2. The number of benzene rings is 1. The number of pyridine rings is 1. The molecule has 6 heteroatoms. The van der Waals surface area contributed by atoms with Crippen LogP contribution in [0.1, 0.15) is 6.42 Å². The van der Waals surface area contributed by atoms with Crippen LogP contribution in [0.3, 0.4) is 0 Å². The molecule has 3 rings (SSSR count). The number of fused-ring (bicyclic) bond motifs is 1. The first-order chi connectivity index (χ1) is 12.2. The van der Waals surface area contributed by atoms with Gasteiger partial charge in [-0.3, -0.25) is 9.59 Å². The van der Waals surface area contributed by atoms with Crippen molar-refractivity contribution in [1.29, 1.82) is 5.26 Å². The third kappa shape index (κ3) is 3.72. The molecule has 6 nitrogen and oxygen atoms in total. The van der Waals surface area contributed by atoms with Gasteiger partial charge in [0.1, 0.15) is 5.82 Å². The van der Waals surface area contributed by atoms with E-state index in [-0.39, 0.29) is 6.42 Å². The number of aromatic nitrogens is 2. The number of carbonyl (C=O) groups excluding carboxylic acids is 2. The van der Waals surface area contributed by atoms with Crippen LogP contribution < -0.4 is 5.32 Å². The second-order valence-corrected chi connectivity index (χ2v) is 5.55. The van der Waals surface area contributed by atoms with Crippen LogP contribution >= 0.6 is 0 Å². The number of nitrogens with one attached hydrogen (secondary N) is 1. The van der Waals surface area contributed by atoms with Gasteiger partial charge in [-0.1, -0.05) is 24.3 Å². The molecule has 0 aliphatic heterocycles. The van der Waals surface area contributed by atoms with Crippen LogP contribution in [0.25, 0.3) is 10.9 Å². The topological polar surface area (TPSA) is 87.8 Å². The highest BCUT2D eigenvalue weighted by Gasteiger charge is 2.26. The summed E-state index contributed by atoms with van der Waals surface area (Å²) in [6.45, 7) is 0.418. The van der Waals surface area contributed by atoms with Crippen LogP contribution in [-0.4, -0.2) is 21.2 Å². The molecule has 0 aliphatic carbocycles. The largest absolute Gasteiger partial charge is 0.347 e. The van der Waals surface area contributed by atoms with Crippen molar-refractivity contribution in [2.75, 3.05) is 5.32 Å². The molecule has 3 aromatic rings. The number of aryl methyl sites for hydroxylation is 1. The van der Waals surface area contributed by atoms with E-state index in [9.17, 15) is 14.9 Å². The Morgan fingerprint density at radius 3 is 2.72 bits per heavy atom. The Morgan fingerprint density at radius 1 is 1.16 bits per heavy atom. The van der Waals surface area contributed by atoms with Crippen LogP contribution in [0.15, 0.2) is 60.9 Å². The number of para-hydroxylation sites is 1. The van der Waals surface area contributed by atoms with Gasteiger partial charge in [0, 0.05) is 30.9 Å². The number of hydrogen-bond donors (Lipinski definition) is 1. The van der Waals surface area contributed by atoms with Crippen molar-refractivity contribution in [3.63, 3.8) is 0 Å². The lowest BCUT2D eigenvalue weighted by molar-refractivity contribution is -0.129. The molecule has 2 aromatic heterocycles. The van der Waals surface area contributed by atoms with E-state index in [0.717, 1.165) is 10.9 Å². The summed E-state index contributed by atoms with van der Waals surface area (Å²) in [5.41, 5.74) is 1.02. The Hall–Kier alpha value is -3.46. The molecule has 1 aromatic carbocycles. The summed E-state index contributed by atoms with van der Waals surface area (Å²) in [5, 5.41) is 12.8. The molecule has 25 heavy (non-hydrogen) atoms. The lowest BCUT2D eigenvalue weighted by atomic mass is 10.0. The van der Waals surface area contributed by atoms with Gasteiger partial charge in [-0.05, 0) is 29.7 Å². The van der Waals surface area contributed by atoms with Gasteiger partial charge in [0.15, 0.2) is 11.7 Å². The van der Waals surface area contributed by atoms with Crippen molar-refractivity contribution in [3.8, 4) is 6.07 Å². The molecule has 0 aliphatic rings. The average molecular weight is 332 g/mol. The molecular formula is C19H16N4O2. The fourth-order valence-corrected chi connectivity index (χ4v) is 2.62. The number of carbonyl (C=O) groups is 2. The molecule has 0 fully saturated rings. The van der Waals surface area contributed by atoms with Crippen molar-refractivity contribution in [2.45, 2.75) is 13.0 Å². The summed E-state index contributed by atoms with van der Waals surface area (Å²) in [5.74, 6) is -2.09. The van der Waals surface area contributed by atoms with Crippen molar-refractivity contribution in [1.82, 2.24) is 9.55 Å². The highest BCUT2D eigenvalue weighted by molar-refractivity contribution is 6.09. The minimum atomic E-state index is -1.34. The number of hydrogen-bond acceptors (Lipinski definition) is 4. The second kappa shape index (κ2) is 7.41. The molecule has 1 atom stereocenters. The van der Waals surface area contributed by atoms with Crippen molar-refractivity contribution < 1.29 is 9.59 Å². The fraction of sp³-hybridized carbons (Fsp3) is 0.158. The minimum absolute atomic E-state index is 0.104. The zero-order valence-electron chi connectivity index (χ0n) is 13.4. The maximum atomic E-state index is 12.3. The average Bonchev–Trinajstić information content (AvgIpc) is 3.04. The maximum Gasteiger partial charge on any atom is 0.250 e. The highest BCUT2D eigenvalue weighted by Crippen LogP contribution is 2.16. The quantitative estimate of drug-likeness (QED) is 0.703. The predicted molar refractivity (Wildman–Crippen MR) is 93.5 cm³/mol. The molecule has 0 saturated heterocycles. The SMILES string of the molecule is N#C[C@H](C(=O)CCn1ccc2ccccc21)C(=O)Nc1ccccn1. The van der Waals surface area contributed by atoms with Crippen LogP contribution in [0.5, 0.6) is 0 Å². The molecule has 1 N–H and O–H groups in total. The number of ketones is 1. The minimum Gasteiger partial charge on any atom is -0.347 e. The molecule has 0 saturated carbocycles. The smallest absolute Gasteiger partial charge is 0.250 e. The number of anilines is 1. The predicted octanol–water partition coefficient (Wildman–Crippen LogP) is 2.77. The van der Waals surface area contributed by atoms with Crippen LogP contribution in [0.4, 0.5) is 5.82 Å². The Bertz CT molecular complexity index is 941. The molecule has 0 spiro atoms. The monoisotopic (exact) mass is 332 g/mol. The van der Waals surface area contributed by atoms with E-state index in [1.165, 1.54) is 6.20 Å². The van der Waals surface area contributed by atoms with Gasteiger partial charge in [-0.15, -0.1) is 0 Å². The fourth-order valence-electron chi connectivity index (χ4n) is 2.62. The van der Waals surface area contributed by atoms with Crippen molar-refractivity contribution in [2.24, 2.45) is 5.92 Å². The van der Waals surface area contributed by atoms with Gasteiger partial charge >= 0.3 is 0 Å². The van der Waals surface area contributed by atoms with Crippen LogP contribution in [0, 0.1) is 17.2 Å². The standard InChI is InChI=1S/C19H16N4O2/c20-13-15(19(25)22-18-7-3-4-10-21-18)17(24)9-12-23-11-8-14-5-1-2-6-16(14)23/h1-8,10-11,15H,9,12H2,(H,21,22,25)/t15-/m1/s1. The van der Waals surface area contributed by atoms with E-state index >= 15 is 0 Å². The van der Waals surface area contributed by atoms with E-state index in [4.69, 9.17) is 0 Å². The number of nitrogens with zero attached hydrogens (tertiary/aromatic N) is 3. The van der Waals surface area contributed by atoms with Gasteiger partial charge in [0.25, 0.3) is 5.91 Å². The van der Waals surface area contributed by atoms with E-state index in [1.54, 1.807) is 24.3 Å². The van der Waals surface area contributed by atoms with Gasteiger partial charge in [0.2, 0.25) is 0 Å². The van der Waals surface area contributed by atoms with E-state index in [1.807, 2.05) is 41.1 Å². The number of rotatable bonds is 6. The zero-order chi connectivity index (χ0) is 17.6. The maximum absolute atomic E-state index is 12.3. The van der Waals surface area contributed by atoms with Gasteiger partial charge in [-0.25, -0.2) is 4.98 Å². The van der Waals surface area contributed by atoms with Crippen LogP contribution in [0.2, 0.25) is 0 Å². The molecule has 124 valence electrons. The van der Waals surface area contributed by atoms with E-state index in [0.29, 0.717) is 12.4 Å². The van der Waals surface area contributed by atoms with Crippen LogP contribution in [-0.2, 0) is 16.1 Å². The normalized spacial score (nSPS) is 11.6. The Labute approximate surface area is 144 Å². The molecule has 0 bridgehead atoms. The molecule has 0 unspecified atom stereocenters. The van der Waals surface area contributed by atoms with Crippen molar-refractivity contribution in [3.05, 3.63) is 60.9 Å². The summed E-state index contributed by atoms with van der Waals surface area (Å²) in [6, 6.07) is 16.6. The second-order valence-electron chi connectivity index (χ2n) is 5.55. The first-order valence-electron chi connectivity index (χ1n) is 7.87. The van der Waals surface area contributed by atoms with Gasteiger partial charge in [-0.2, -0.15) is 5.26 Å². The Balaban J connectivity index is 1.64. The number of nitriles is 1. The molecule has 0 radical (unpaired) electrons. The zero-order valence-corrected chi connectivity index (χ0v) is 13.4. The first kappa shape index (κ1) is 16.4. The number of amides is 1. The summed E-state index contributed by atoms with van der Waals surface area (Å²) < 4.78 is 1.94. The van der Waals surface area contributed by atoms with Crippen molar-refractivity contribution >= 4 is 28.4 Å². The lowest BCUT2D eigenvalue weighted by Crippen LogP contribution is -2.29. The summed E-state index contributed by atoms with van der Waals surface area (Å²) in [7, 11) is 0. The van der Waals surface area contributed by atoms with Gasteiger partial charge in [0.05, 0.1) is 6.07 Å². The summed E-state index contributed by atoms with van der Waals surface area (Å²) >= 11 is 0. The Kier molecular flexibility index (Phi) is 4.86. The lowest BCUT2D eigenvalue weighted by Gasteiger charge is -2.10. The molecule has 2 heterocycles. The Morgan fingerprint density at radius 2 is 1.96 bits per heavy atom. The summed E-state index contributed by atoms with van der Waals surface area (Å²) in [6.07, 6.45) is 3.52. The molecular weight excluding hydrogens is 316 g/mol. The summed E-state index contributed by atoms with van der Waals surface area (Å²) in [4.78, 5) is 28.4.